The first kappa shape index (κ1) is 28.1. The molecule has 1 N–H and O–H groups in total. The Labute approximate surface area is 173 Å². The molecule has 0 saturated heterocycles. The van der Waals surface area contributed by atoms with E-state index >= 15 is 0 Å². The second-order valence-corrected chi connectivity index (χ2v) is 5.96. The zero-order valence-corrected chi connectivity index (χ0v) is 17.6. The van der Waals surface area contributed by atoms with Gasteiger partial charge in [0.05, 0.1) is 13.2 Å². The summed E-state index contributed by atoms with van der Waals surface area (Å²) in [5, 5.41) is 7.89. The van der Waals surface area contributed by atoms with Crippen LogP contribution in [0.4, 0.5) is 0 Å². The summed E-state index contributed by atoms with van der Waals surface area (Å²) < 4.78 is 9.64. The second-order valence-electron chi connectivity index (χ2n) is 5.96. The van der Waals surface area contributed by atoms with Crippen LogP contribution in [-0.4, -0.2) is 36.2 Å². The van der Waals surface area contributed by atoms with E-state index in [9.17, 15) is 14.4 Å². The quantitative estimate of drug-likeness (QED) is 0.370. The Hall–Kier alpha value is -3.15. The van der Waals surface area contributed by atoms with E-state index in [4.69, 9.17) is 9.84 Å². The van der Waals surface area contributed by atoms with Crippen LogP contribution < -0.4 is 0 Å². The molecule has 0 radical (unpaired) electrons. The van der Waals surface area contributed by atoms with Crippen molar-refractivity contribution in [3.63, 3.8) is 0 Å². The lowest BCUT2D eigenvalue weighted by Gasteiger charge is -2.03. The molecule has 29 heavy (non-hydrogen) atoms. The predicted molar refractivity (Wildman–Crippen MR) is 114 cm³/mol. The first-order valence-corrected chi connectivity index (χ1v) is 9.20. The molecule has 160 valence electrons. The molecular weight excluding hydrogens is 372 g/mol. The first-order valence-electron chi connectivity index (χ1n) is 9.20. The van der Waals surface area contributed by atoms with Crippen molar-refractivity contribution in [2.75, 3.05) is 13.2 Å². The molecule has 0 atom stereocenters. The van der Waals surface area contributed by atoms with Gasteiger partial charge in [-0.25, -0.2) is 14.4 Å². The summed E-state index contributed by atoms with van der Waals surface area (Å²) in [6.07, 6.45) is 3.90. The van der Waals surface area contributed by atoms with Crippen molar-refractivity contribution in [2.24, 2.45) is 0 Å². The third-order valence-electron chi connectivity index (χ3n) is 3.09. The number of ether oxygens (including phenoxy) is 2. The van der Waals surface area contributed by atoms with Crippen molar-refractivity contribution in [1.82, 2.24) is 0 Å². The molecule has 0 saturated carbocycles. The van der Waals surface area contributed by atoms with E-state index in [1.54, 1.807) is 6.92 Å². The van der Waals surface area contributed by atoms with Gasteiger partial charge in [-0.1, -0.05) is 63.4 Å². The molecule has 0 aliphatic carbocycles. The minimum Gasteiger partial charge on any atom is -0.478 e. The fourth-order valence-electron chi connectivity index (χ4n) is 1.41. The van der Waals surface area contributed by atoms with Crippen molar-refractivity contribution in [2.45, 2.75) is 40.0 Å². The highest BCUT2D eigenvalue weighted by Gasteiger charge is 2.02. The van der Waals surface area contributed by atoms with Crippen molar-refractivity contribution in [3.8, 4) is 0 Å². The fourth-order valence-corrected chi connectivity index (χ4v) is 1.41. The number of hydrogen-bond donors (Lipinski definition) is 1. The lowest BCUT2D eigenvalue weighted by molar-refractivity contribution is -0.139. The summed E-state index contributed by atoms with van der Waals surface area (Å²) in [7, 11) is 0. The van der Waals surface area contributed by atoms with Gasteiger partial charge in [0, 0.05) is 23.6 Å². The maximum absolute atomic E-state index is 11.0. The number of carboxylic acid groups (broad SMARTS) is 1. The Morgan fingerprint density at radius 2 is 1.55 bits per heavy atom. The van der Waals surface area contributed by atoms with Gasteiger partial charge in [-0.2, -0.15) is 0 Å². The van der Waals surface area contributed by atoms with Crippen LogP contribution in [0.1, 0.15) is 39.2 Å². The summed E-state index contributed by atoms with van der Waals surface area (Å²) in [4.78, 5) is 31.0. The summed E-state index contributed by atoms with van der Waals surface area (Å²) in [5.41, 5.74) is 1.79. The fraction of sp³-hybridized carbons (Fsp3) is 0.348. The van der Waals surface area contributed by atoms with Crippen LogP contribution in [0.3, 0.4) is 0 Å². The molecule has 0 aliphatic rings. The highest BCUT2D eigenvalue weighted by atomic mass is 16.5. The number of aliphatic carboxylic acids is 1. The monoisotopic (exact) mass is 404 g/mol. The normalized spacial score (nSPS) is 8.79. The molecule has 0 unspecified atom stereocenters. The van der Waals surface area contributed by atoms with E-state index in [0.717, 1.165) is 19.3 Å². The molecule has 0 fully saturated rings. The molecule has 0 aromatic heterocycles. The van der Waals surface area contributed by atoms with Gasteiger partial charge in [0.25, 0.3) is 0 Å². The van der Waals surface area contributed by atoms with Gasteiger partial charge in [-0.15, -0.1) is 0 Å². The van der Waals surface area contributed by atoms with Gasteiger partial charge in [-0.05, 0) is 25.8 Å². The molecule has 0 aliphatic heterocycles. The number of benzene rings is 1. The number of carbonyl (C=O) groups excluding carboxylic acids is 2. The Morgan fingerprint density at radius 3 is 1.97 bits per heavy atom. The largest absolute Gasteiger partial charge is 0.478 e. The second kappa shape index (κ2) is 18.2. The molecule has 1 aromatic rings. The average Bonchev–Trinajstić information content (AvgIpc) is 2.69. The van der Waals surface area contributed by atoms with Gasteiger partial charge in [0.2, 0.25) is 0 Å². The number of carbonyl (C=O) groups is 3. The maximum atomic E-state index is 11.0. The SMILES string of the molecule is C=C(C)C(=O)O.C=C(C)C(=O)OCCc1ccccc1.C=CC(=O)OCCCC. The summed E-state index contributed by atoms with van der Waals surface area (Å²) in [6, 6.07) is 9.92. The van der Waals surface area contributed by atoms with E-state index in [0.29, 0.717) is 18.8 Å². The maximum Gasteiger partial charge on any atom is 0.333 e. The van der Waals surface area contributed by atoms with E-state index in [2.05, 4.69) is 24.5 Å². The van der Waals surface area contributed by atoms with Gasteiger partial charge in [-0.3, -0.25) is 0 Å². The molecule has 1 aromatic carbocycles. The van der Waals surface area contributed by atoms with Crippen LogP contribution in [0.2, 0.25) is 0 Å². The zero-order valence-electron chi connectivity index (χ0n) is 17.6. The average molecular weight is 405 g/mol. The molecule has 0 amide bonds. The van der Waals surface area contributed by atoms with Gasteiger partial charge in [0.15, 0.2) is 0 Å². The number of hydrogen-bond acceptors (Lipinski definition) is 5. The lowest BCUT2D eigenvalue weighted by Crippen LogP contribution is -2.07. The first-order chi connectivity index (χ1) is 13.6. The van der Waals surface area contributed by atoms with E-state index < -0.39 is 5.97 Å². The van der Waals surface area contributed by atoms with Gasteiger partial charge in [0.1, 0.15) is 0 Å². The molecular formula is C23H32O6. The molecule has 0 bridgehead atoms. The number of carboxylic acids is 1. The molecule has 0 spiro atoms. The van der Waals surface area contributed by atoms with Crippen LogP contribution in [0.25, 0.3) is 0 Å². The van der Waals surface area contributed by atoms with Crippen LogP contribution >= 0.6 is 0 Å². The number of esters is 2. The van der Waals surface area contributed by atoms with Crippen molar-refractivity contribution >= 4 is 17.9 Å². The topological polar surface area (TPSA) is 89.9 Å². The molecule has 1 rings (SSSR count). The Bertz CT molecular complexity index is 649. The van der Waals surface area contributed by atoms with Crippen molar-refractivity contribution in [1.29, 1.82) is 0 Å². The van der Waals surface area contributed by atoms with Crippen LogP contribution in [-0.2, 0) is 30.3 Å². The van der Waals surface area contributed by atoms with Gasteiger partial charge >= 0.3 is 17.9 Å². The molecule has 6 nitrogen and oxygen atoms in total. The molecule has 0 heterocycles. The van der Waals surface area contributed by atoms with E-state index in [1.807, 2.05) is 37.3 Å². The summed E-state index contributed by atoms with van der Waals surface area (Å²) in [6.45, 7) is 16.0. The summed E-state index contributed by atoms with van der Waals surface area (Å²) >= 11 is 0. The van der Waals surface area contributed by atoms with Crippen LogP contribution in [0.5, 0.6) is 0 Å². The molecule has 6 heteroatoms. The van der Waals surface area contributed by atoms with Gasteiger partial charge < -0.3 is 14.6 Å². The van der Waals surface area contributed by atoms with Crippen molar-refractivity contribution in [3.05, 3.63) is 72.9 Å². The van der Waals surface area contributed by atoms with E-state index in [-0.39, 0.29) is 17.5 Å². The van der Waals surface area contributed by atoms with Crippen molar-refractivity contribution < 1.29 is 29.0 Å². The number of unbranched alkanes of at least 4 members (excludes halogenated alkanes) is 1. The van der Waals surface area contributed by atoms with E-state index in [1.165, 1.54) is 18.6 Å². The smallest absolute Gasteiger partial charge is 0.333 e. The van der Waals surface area contributed by atoms with Crippen LogP contribution in [0.15, 0.2) is 67.3 Å². The summed E-state index contributed by atoms with van der Waals surface area (Å²) in [5.74, 6) is -1.58. The third kappa shape index (κ3) is 19.4. The standard InChI is InChI=1S/C12H14O2.C7H12O2.C4H6O2/c1-10(2)12(13)14-9-8-11-6-4-3-5-7-11;1-3-5-6-9-7(8)4-2;1-3(2)4(5)6/h3-7H,1,8-9H2,2H3;4H,2-3,5-6H2,1H3;1H2,2H3,(H,5,6). The minimum atomic E-state index is -0.935. The number of rotatable bonds is 9. The Morgan fingerprint density at radius 1 is 1.00 bits per heavy atom. The highest BCUT2D eigenvalue weighted by molar-refractivity contribution is 5.86. The Balaban J connectivity index is 0. The Kier molecular flexibility index (Phi) is 17.6. The zero-order chi connectivity index (χ0) is 22.7. The lowest BCUT2D eigenvalue weighted by atomic mass is 10.2. The minimum absolute atomic E-state index is 0.176. The highest BCUT2D eigenvalue weighted by Crippen LogP contribution is 2.00. The van der Waals surface area contributed by atoms with Crippen LogP contribution in [0, 0.1) is 0 Å². The third-order valence-corrected chi connectivity index (χ3v) is 3.09. The predicted octanol–water partition coefficient (Wildman–Crippen LogP) is 4.51.